The van der Waals surface area contributed by atoms with E-state index in [4.69, 9.17) is 5.73 Å². The minimum Gasteiger partial charge on any atom is -0.478 e. The molecule has 0 atom stereocenters. The molecule has 0 fully saturated rings. The van der Waals surface area contributed by atoms with Crippen LogP contribution in [0.5, 0.6) is 0 Å². The molecule has 0 radical (unpaired) electrons. The highest BCUT2D eigenvalue weighted by molar-refractivity contribution is 6.08. The van der Waals surface area contributed by atoms with Crippen LogP contribution in [-0.2, 0) is 11.8 Å². The van der Waals surface area contributed by atoms with Gasteiger partial charge in [-0.1, -0.05) is 30.8 Å². The van der Waals surface area contributed by atoms with Crippen molar-refractivity contribution in [2.75, 3.05) is 11.1 Å². The zero-order valence-corrected chi connectivity index (χ0v) is 17.6. The lowest BCUT2D eigenvalue weighted by Gasteiger charge is -2.11. The molecule has 0 aliphatic carbocycles. The maximum Gasteiger partial charge on any atom is 0.335 e. The van der Waals surface area contributed by atoms with Crippen LogP contribution >= 0.6 is 0 Å². The number of nitrogens with one attached hydrogen (secondary N) is 1. The zero-order chi connectivity index (χ0) is 23.0. The first-order chi connectivity index (χ1) is 15.3. The average molecular weight is 427 g/mol. The van der Waals surface area contributed by atoms with Gasteiger partial charge in [-0.05, 0) is 42.3 Å². The molecular formula is C24H21N5O3. The SMILES string of the molecule is C=C(C)C(=O)Nc1ccc(-c2c(-c3ccc(C(=O)O)cc3)c3c(N)ncnc3n2C)cc1. The predicted molar refractivity (Wildman–Crippen MR) is 124 cm³/mol. The van der Waals surface area contributed by atoms with Crippen LogP contribution in [0.25, 0.3) is 33.4 Å². The summed E-state index contributed by atoms with van der Waals surface area (Å²) in [5.74, 6) is -0.908. The lowest BCUT2D eigenvalue weighted by Crippen LogP contribution is -2.11. The quantitative estimate of drug-likeness (QED) is 0.412. The number of rotatable bonds is 5. The summed E-state index contributed by atoms with van der Waals surface area (Å²) in [6, 6.07) is 14.0. The Bertz CT molecular complexity index is 1370. The highest BCUT2D eigenvalue weighted by atomic mass is 16.4. The van der Waals surface area contributed by atoms with E-state index in [9.17, 15) is 14.7 Å². The predicted octanol–water partition coefficient (Wildman–Crippen LogP) is 4.10. The van der Waals surface area contributed by atoms with Crippen LogP contribution in [0.3, 0.4) is 0 Å². The second-order valence-corrected chi connectivity index (χ2v) is 7.43. The van der Waals surface area contributed by atoms with Gasteiger partial charge in [-0.25, -0.2) is 14.8 Å². The number of anilines is 2. The number of hydrogen-bond donors (Lipinski definition) is 3. The van der Waals surface area contributed by atoms with Crippen molar-refractivity contribution in [1.29, 1.82) is 0 Å². The summed E-state index contributed by atoms with van der Waals surface area (Å²) >= 11 is 0. The number of carbonyl (C=O) groups is 2. The van der Waals surface area contributed by atoms with Crippen molar-refractivity contribution in [1.82, 2.24) is 14.5 Å². The maximum absolute atomic E-state index is 11.9. The van der Waals surface area contributed by atoms with Gasteiger partial charge in [0.2, 0.25) is 0 Å². The lowest BCUT2D eigenvalue weighted by molar-refractivity contribution is -0.112. The number of nitrogen functional groups attached to an aromatic ring is 1. The topological polar surface area (TPSA) is 123 Å². The van der Waals surface area contributed by atoms with Gasteiger partial charge in [-0.3, -0.25) is 4.79 Å². The Morgan fingerprint density at radius 3 is 2.25 bits per heavy atom. The summed E-state index contributed by atoms with van der Waals surface area (Å²) in [6.45, 7) is 5.29. The summed E-state index contributed by atoms with van der Waals surface area (Å²) in [7, 11) is 1.88. The van der Waals surface area contributed by atoms with Crippen LogP contribution in [0, 0.1) is 0 Å². The largest absolute Gasteiger partial charge is 0.478 e. The summed E-state index contributed by atoms with van der Waals surface area (Å²) in [5, 5.41) is 12.7. The molecule has 8 nitrogen and oxygen atoms in total. The monoisotopic (exact) mass is 427 g/mol. The maximum atomic E-state index is 11.9. The van der Waals surface area contributed by atoms with Gasteiger partial charge in [-0.15, -0.1) is 0 Å². The summed E-state index contributed by atoms with van der Waals surface area (Å²) < 4.78 is 1.93. The second kappa shape index (κ2) is 7.99. The van der Waals surface area contributed by atoms with Crippen molar-refractivity contribution >= 4 is 34.4 Å². The fraction of sp³-hybridized carbons (Fsp3) is 0.0833. The highest BCUT2D eigenvalue weighted by Crippen LogP contribution is 2.41. The number of carboxylic acids is 1. The standard InChI is InChI=1S/C24H21N5O3/c1-13(2)23(30)28-17-10-8-15(9-11-17)20-18(14-4-6-16(7-5-14)24(31)32)19-21(25)26-12-27-22(19)29(20)3/h4-12H,1H2,2-3H3,(H,28,30)(H,31,32)(H2,25,26,27). The minimum absolute atomic E-state index is 0.192. The minimum atomic E-state index is -0.995. The van der Waals surface area contributed by atoms with Crippen molar-refractivity contribution in [3.63, 3.8) is 0 Å². The van der Waals surface area contributed by atoms with E-state index in [2.05, 4.69) is 21.9 Å². The Kier molecular flexibility index (Phi) is 5.19. The average Bonchev–Trinajstić information content (AvgIpc) is 3.08. The third kappa shape index (κ3) is 3.58. The van der Waals surface area contributed by atoms with Gasteiger partial charge in [-0.2, -0.15) is 0 Å². The Labute approximate surface area is 184 Å². The Morgan fingerprint density at radius 1 is 1.03 bits per heavy atom. The number of aryl methyl sites for hydroxylation is 1. The summed E-state index contributed by atoms with van der Waals surface area (Å²) in [5.41, 5.74) is 11.4. The van der Waals surface area contributed by atoms with E-state index >= 15 is 0 Å². The summed E-state index contributed by atoms with van der Waals surface area (Å²) in [4.78, 5) is 31.7. The number of nitrogens with zero attached hydrogens (tertiary/aromatic N) is 3. The fourth-order valence-corrected chi connectivity index (χ4v) is 3.62. The first kappa shape index (κ1) is 20.8. The van der Waals surface area contributed by atoms with Gasteiger partial charge in [0.1, 0.15) is 17.8 Å². The lowest BCUT2D eigenvalue weighted by atomic mass is 9.97. The molecule has 4 N–H and O–H groups in total. The van der Waals surface area contributed by atoms with Crippen LogP contribution in [0.1, 0.15) is 17.3 Å². The Balaban J connectivity index is 1.90. The first-order valence-electron chi connectivity index (χ1n) is 9.77. The molecule has 2 aromatic carbocycles. The Morgan fingerprint density at radius 2 is 1.66 bits per heavy atom. The van der Waals surface area contributed by atoms with Crippen molar-refractivity contribution in [3.8, 4) is 22.4 Å². The number of nitrogens with two attached hydrogens (primary N) is 1. The zero-order valence-electron chi connectivity index (χ0n) is 17.6. The van der Waals surface area contributed by atoms with Gasteiger partial charge in [0.25, 0.3) is 5.91 Å². The third-order valence-electron chi connectivity index (χ3n) is 5.22. The number of hydrogen-bond acceptors (Lipinski definition) is 5. The van der Waals surface area contributed by atoms with E-state index in [0.29, 0.717) is 28.1 Å². The van der Waals surface area contributed by atoms with Crippen LogP contribution in [0.4, 0.5) is 11.5 Å². The van der Waals surface area contributed by atoms with Crippen molar-refractivity contribution in [3.05, 3.63) is 72.6 Å². The molecule has 2 heterocycles. The van der Waals surface area contributed by atoms with Gasteiger partial charge >= 0.3 is 5.97 Å². The molecule has 0 spiro atoms. The second-order valence-electron chi connectivity index (χ2n) is 7.43. The molecule has 32 heavy (non-hydrogen) atoms. The number of benzene rings is 2. The molecule has 4 rings (SSSR count). The number of carbonyl (C=O) groups excluding carboxylic acids is 1. The molecule has 0 saturated carbocycles. The van der Waals surface area contributed by atoms with E-state index in [-0.39, 0.29) is 11.5 Å². The molecular weight excluding hydrogens is 406 g/mol. The van der Waals surface area contributed by atoms with Gasteiger partial charge in [0.05, 0.1) is 16.6 Å². The van der Waals surface area contributed by atoms with Crippen LogP contribution in [0.15, 0.2) is 67.0 Å². The number of carboxylic acid groups (broad SMARTS) is 1. The van der Waals surface area contributed by atoms with E-state index in [0.717, 1.165) is 22.4 Å². The number of aromatic carboxylic acids is 1. The molecule has 1 amide bonds. The number of aromatic nitrogens is 3. The van der Waals surface area contributed by atoms with Crippen molar-refractivity contribution in [2.24, 2.45) is 7.05 Å². The molecule has 0 aliphatic heterocycles. The fourth-order valence-electron chi connectivity index (χ4n) is 3.62. The smallest absolute Gasteiger partial charge is 0.335 e. The van der Waals surface area contributed by atoms with E-state index in [1.165, 1.54) is 6.33 Å². The molecule has 2 aromatic heterocycles. The number of fused-ring (bicyclic) bond motifs is 1. The molecule has 0 aliphatic rings. The molecule has 0 bridgehead atoms. The third-order valence-corrected chi connectivity index (χ3v) is 5.22. The van der Waals surface area contributed by atoms with E-state index in [1.54, 1.807) is 43.3 Å². The molecule has 4 aromatic rings. The van der Waals surface area contributed by atoms with E-state index in [1.807, 2.05) is 23.7 Å². The van der Waals surface area contributed by atoms with Crippen LogP contribution in [-0.4, -0.2) is 31.5 Å². The van der Waals surface area contributed by atoms with E-state index < -0.39 is 5.97 Å². The molecule has 0 unspecified atom stereocenters. The van der Waals surface area contributed by atoms with Crippen LogP contribution in [0.2, 0.25) is 0 Å². The molecule has 160 valence electrons. The van der Waals surface area contributed by atoms with Crippen LogP contribution < -0.4 is 11.1 Å². The van der Waals surface area contributed by atoms with Crippen molar-refractivity contribution in [2.45, 2.75) is 6.92 Å². The number of amides is 1. The normalized spacial score (nSPS) is 10.8. The Hall–Kier alpha value is -4.46. The first-order valence-corrected chi connectivity index (χ1v) is 9.77. The van der Waals surface area contributed by atoms with Crippen molar-refractivity contribution < 1.29 is 14.7 Å². The van der Waals surface area contributed by atoms with Gasteiger partial charge in [0.15, 0.2) is 0 Å². The van der Waals surface area contributed by atoms with Gasteiger partial charge < -0.3 is 20.7 Å². The highest BCUT2D eigenvalue weighted by Gasteiger charge is 2.22. The summed E-state index contributed by atoms with van der Waals surface area (Å²) in [6.07, 6.45) is 1.41. The van der Waals surface area contributed by atoms with Gasteiger partial charge in [0, 0.05) is 23.9 Å². The molecule has 8 heteroatoms. The molecule has 0 saturated heterocycles.